The first-order valence-corrected chi connectivity index (χ1v) is 10.0. The zero-order valence-corrected chi connectivity index (χ0v) is 16.6. The Labute approximate surface area is 162 Å². The molecule has 1 fully saturated rings. The van der Waals surface area contributed by atoms with E-state index >= 15 is 0 Å². The van der Waals surface area contributed by atoms with E-state index in [0.717, 1.165) is 58.3 Å². The minimum absolute atomic E-state index is 0.456. The summed E-state index contributed by atoms with van der Waals surface area (Å²) in [6, 6.07) is 12.7. The highest BCUT2D eigenvalue weighted by Gasteiger charge is 2.19. The summed E-state index contributed by atoms with van der Waals surface area (Å²) in [5.41, 5.74) is 1.39. The van der Waals surface area contributed by atoms with Crippen molar-refractivity contribution in [3.63, 3.8) is 0 Å². The summed E-state index contributed by atoms with van der Waals surface area (Å²) in [6.07, 6.45) is 3.84. The highest BCUT2D eigenvalue weighted by molar-refractivity contribution is 5.80. The van der Waals surface area contributed by atoms with E-state index in [4.69, 9.17) is 4.99 Å². The molecule has 1 unspecified atom stereocenters. The fraction of sp³-hybridized carbons (Fsp3) is 0.524. The average Bonchev–Trinajstić information content (AvgIpc) is 3.20. The van der Waals surface area contributed by atoms with Gasteiger partial charge in [0.1, 0.15) is 0 Å². The number of piperazine rings is 1. The molecular formula is C21H32N6. The lowest BCUT2D eigenvalue weighted by Crippen LogP contribution is -2.52. The molecule has 0 amide bonds. The van der Waals surface area contributed by atoms with Gasteiger partial charge in [-0.3, -0.25) is 14.6 Å². The topological polar surface area (TPSA) is 48.7 Å². The summed E-state index contributed by atoms with van der Waals surface area (Å²) < 4.78 is 1.98. The van der Waals surface area contributed by atoms with Crippen molar-refractivity contribution in [3.8, 4) is 0 Å². The van der Waals surface area contributed by atoms with Crippen LogP contribution in [0.1, 0.15) is 19.4 Å². The van der Waals surface area contributed by atoms with E-state index in [9.17, 15) is 0 Å². The van der Waals surface area contributed by atoms with Crippen LogP contribution in [0.3, 0.4) is 0 Å². The molecule has 3 rings (SSSR count). The van der Waals surface area contributed by atoms with Crippen LogP contribution in [-0.4, -0.2) is 64.8 Å². The number of hydrogen-bond donors (Lipinski definition) is 1. The lowest BCUT2D eigenvalue weighted by Gasteiger charge is -2.36. The van der Waals surface area contributed by atoms with E-state index in [-0.39, 0.29) is 0 Å². The number of nitrogens with one attached hydrogen (secondary N) is 1. The third-order valence-electron chi connectivity index (χ3n) is 4.87. The molecule has 0 saturated carbocycles. The highest BCUT2D eigenvalue weighted by atomic mass is 15.3. The van der Waals surface area contributed by atoms with Gasteiger partial charge < -0.3 is 10.2 Å². The average molecular weight is 369 g/mol. The summed E-state index contributed by atoms with van der Waals surface area (Å²) in [7, 11) is 0. The number of benzene rings is 1. The molecule has 6 nitrogen and oxygen atoms in total. The standard InChI is InChI=1S/C21H32N6/c1-3-22-21(23-16-19(2)17-27-11-7-10-24-27)26-14-12-25(13-15-26)18-20-8-5-4-6-9-20/h4-11,19H,3,12-18H2,1-2H3,(H,22,23). The van der Waals surface area contributed by atoms with Crippen LogP contribution in [-0.2, 0) is 13.1 Å². The third kappa shape index (κ3) is 6.10. The van der Waals surface area contributed by atoms with Crippen molar-refractivity contribution in [2.75, 3.05) is 39.3 Å². The van der Waals surface area contributed by atoms with Gasteiger partial charge in [0.25, 0.3) is 0 Å². The van der Waals surface area contributed by atoms with Gasteiger partial charge in [-0.1, -0.05) is 37.3 Å². The molecule has 1 aliphatic heterocycles. The van der Waals surface area contributed by atoms with E-state index in [2.05, 4.69) is 64.4 Å². The van der Waals surface area contributed by atoms with Gasteiger partial charge in [-0.15, -0.1) is 0 Å². The smallest absolute Gasteiger partial charge is 0.194 e. The van der Waals surface area contributed by atoms with Crippen molar-refractivity contribution in [2.45, 2.75) is 26.9 Å². The predicted octanol–water partition coefficient (Wildman–Crippen LogP) is 2.30. The van der Waals surface area contributed by atoms with Gasteiger partial charge in [0, 0.05) is 64.8 Å². The summed E-state index contributed by atoms with van der Waals surface area (Å²) in [5, 5.41) is 7.75. The summed E-state index contributed by atoms with van der Waals surface area (Å²) in [4.78, 5) is 9.82. The first kappa shape index (κ1) is 19.4. The largest absolute Gasteiger partial charge is 0.357 e. The molecule has 2 heterocycles. The fourth-order valence-electron chi connectivity index (χ4n) is 3.41. The molecule has 27 heavy (non-hydrogen) atoms. The number of aliphatic imine (C=N–C) groups is 1. The molecule has 0 bridgehead atoms. The number of guanidine groups is 1. The van der Waals surface area contributed by atoms with Gasteiger partial charge in [-0.05, 0) is 24.5 Å². The zero-order valence-electron chi connectivity index (χ0n) is 16.6. The number of rotatable bonds is 7. The normalized spacial score (nSPS) is 17.1. The van der Waals surface area contributed by atoms with E-state index in [1.54, 1.807) is 0 Å². The van der Waals surface area contributed by atoms with Crippen molar-refractivity contribution >= 4 is 5.96 Å². The molecule has 0 radical (unpaired) electrons. The van der Waals surface area contributed by atoms with Crippen LogP contribution in [0.15, 0.2) is 53.8 Å². The molecule has 1 aromatic heterocycles. The van der Waals surface area contributed by atoms with Gasteiger partial charge in [0.15, 0.2) is 5.96 Å². The molecule has 0 aliphatic carbocycles. The quantitative estimate of drug-likeness (QED) is 0.602. The third-order valence-corrected chi connectivity index (χ3v) is 4.87. The SMILES string of the molecule is CCNC(=NCC(C)Cn1cccn1)N1CCN(Cc2ccccc2)CC1. The summed E-state index contributed by atoms with van der Waals surface area (Å²) >= 11 is 0. The summed E-state index contributed by atoms with van der Waals surface area (Å²) in [6.45, 7) is 12.2. The number of hydrogen-bond acceptors (Lipinski definition) is 3. The Bertz CT molecular complexity index is 674. The lowest BCUT2D eigenvalue weighted by molar-refractivity contribution is 0.172. The minimum Gasteiger partial charge on any atom is -0.357 e. The predicted molar refractivity (Wildman–Crippen MR) is 111 cm³/mol. The molecule has 1 atom stereocenters. The maximum atomic E-state index is 4.90. The second kappa shape index (κ2) is 10.1. The second-order valence-corrected chi connectivity index (χ2v) is 7.28. The molecule has 2 aromatic rings. The van der Waals surface area contributed by atoms with Crippen LogP contribution in [0.2, 0.25) is 0 Å². The molecule has 1 aromatic carbocycles. The van der Waals surface area contributed by atoms with E-state index in [1.165, 1.54) is 5.56 Å². The maximum absolute atomic E-state index is 4.90. The first-order chi connectivity index (χ1) is 13.2. The van der Waals surface area contributed by atoms with Gasteiger partial charge in [-0.25, -0.2) is 0 Å². The Morgan fingerprint density at radius 3 is 2.59 bits per heavy atom. The molecule has 1 N–H and O–H groups in total. The molecule has 1 aliphatic rings. The van der Waals surface area contributed by atoms with Crippen molar-refractivity contribution in [1.29, 1.82) is 0 Å². The van der Waals surface area contributed by atoms with E-state index < -0.39 is 0 Å². The Morgan fingerprint density at radius 2 is 1.93 bits per heavy atom. The minimum atomic E-state index is 0.456. The Kier molecular flexibility index (Phi) is 7.27. The molecule has 1 saturated heterocycles. The fourth-order valence-corrected chi connectivity index (χ4v) is 3.41. The monoisotopic (exact) mass is 368 g/mol. The lowest BCUT2D eigenvalue weighted by atomic mass is 10.2. The maximum Gasteiger partial charge on any atom is 0.194 e. The molecule has 146 valence electrons. The van der Waals surface area contributed by atoms with Crippen LogP contribution >= 0.6 is 0 Å². The van der Waals surface area contributed by atoms with Gasteiger partial charge >= 0.3 is 0 Å². The first-order valence-electron chi connectivity index (χ1n) is 10.0. The van der Waals surface area contributed by atoms with Crippen molar-refractivity contribution in [2.24, 2.45) is 10.9 Å². The van der Waals surface area contributed by atoms with E-state index in [1.807, 2.05) is 23.1 Å². The van der Waals surface area contributed by atoms with Crippen molar-refractivity contribution in [1.82, 2.24) is 24.9 Å². The van der Waals surface area contributed by atoms with Gasteiger partial charge in [0.05, 0.1) is 0 Å². The van der Waals surface area contributed by atoms with Crippen LogP contribution in [0.4, 0.5) is 0 Å². The van der Waals surface area contributed by atoms with Crippen molar-refractivity contribution < 1.29 is 0 Å². The highest BCUT2D eigenvalue weighted by Crippen LogP contribution is 2.09. The van der Waals surface area contributed by atoms with Crippen LogP contribution < -0.4 is 5.32 Å². The number of nitrogens with zero attached hydrogens (tertiary/aromatic N) is 5. The number of aromatic nitrogens is 2. The Morgan fingerprint density at radius 1 is 1.15 bits per heavy atom. The molecule has 0 spiro atoms. The molecule has 6 heteroatoms. The Hall–Kier alpha value is -2.34. The molecular weight excluding hydrogens is 336 g/mol. The van der Waals surface area contributed by atoms with Crippen molar-refractivity contribution in [3.05, 3.63) is 54.4 Å². The Balaban J connectivity index is 1.49. The zero-order chi connectivity index (χ0) is 18.9. The van der Waals surface area contributed by atoms with Crippen LogP contribution in [0.25, 0.3) is 0 Å². The van der Waals surface area contributed by atoms with Gasteiger partial charge in [-0.2, -0.15) is 5.10 Å². The van der Waals surface area contributed by atoms with E-state index in [0.29, 0.717) is 5.92 Å². The van der Waals surface area contributed by atoms with Crippen LogP contribution in [0.5, 0.6) is 0 Å². The summed E-state index contributed by atoms with van der Waals surface area (Å²) in [5.74, 6) is 1.50. The second-order valence-electron chi connectivity index (χ2n) is 7.28. The van der Waals surface area contributed by atoms with Crippen LogP contribution in [0, 0.1) is 5.92 Å². The van der Waals surface area contributed by atoms with Gasteiger partial charge in [0.2, 0.25) is 0 Å².